The van der Waals surface area contributed by atoms with E-state index in [2.05, 4.69) is 19.3 Å². The van der Waals surface area contributed by atoms with Crippen molar-refractivity contribution in [3.05, 3.63) is 89.7 Å². The molecular formula is C26H27ClN6OS. The maximum absolute atomic E-state index is 7.85. The maximum atomic E-state index is 7.85. The highest BCUT2D eigenvalue weighted by Crippen LogP contribution is 2.37. The molecule has 1 fully saturated rings. The summed E-state index contributed by atoms with van der Waals surface area (Å²) in [5.74, 6) is 1.29. The van der Waals surface area contributed by atoms with Gasteiger partial charge in [-0.1, -0.05) is 60.7 Å². The van der Waals surface area contributed by atoms with Gasteiger partial charge in [0.25, 0.3) is 5.72 Å². The van der Waals surface area contributed by atoms with Gasteiger partial charge in [0, 0.05) is 66.8 Å². The van der Waals surface area contributed by atoms with Gasteiger partial charge in [-0.2, -0.15) is 9.36 Å². The summed E-state index contributed by atoms with van der Waals surface area (Å²) in [6.07, 6.45) is 4.43. The van der Waals surface area contributed by atoms with E-state index in [-0.39, 0.29) is 0 Å². The molecule has 1 N–H and O–H groups in total. The second-order valence-corrected chi connectivity index (χ2v) is 9.68. The highest BCUT2D eigenvalue weighted by Gasteiger charge is 2.35. The van der Waals surface area contributed by atoms with Crippen molar-refractivity contribution in [2.24, 2.45) is 5.11 Å². The Balaban J connectivity index is 1.24. The first kappa shape index (κ1) is 23.7. The van der Waals surface area contributed by atoms with Gasteiger partial charge >= 0.3 is 0 Å². The largest absolute Gasteiger partial charge is 0.464 e. The lowest BCUT2D eigenvalue weighted by Gasteiger charge is -2.36. The van der Waals surface area contributed by atoms with Crippen molar-refractivity contribution in [3.63, 3.8) is 0 Å². The number of anilines is 1. The number of nitrogens with zero attached hydrogens (tertiary/aromatic N) is 5. The van der Waals surface area contributed by atoms with E-state index in [0.29, 0.717) is 12.3 Å². The Morgan fingerprint density at radius 2 is 1.71 bits per heavy atom. The van der Waals surface area contributed by atoms with Gasteiger partial charge in [-0.15, -0.1) is 16.7 Å². The van der Waals surface area contributed by atoms with Crippen LogP contribution in [0.15, 0.2) is 89.3 Å². The number of rotatable bonds is 8. The average Bonchev–Trinajstić information content (AvgIpc) is 3.42. The van der Waals surface area contributed by atoms with Crippen LogP contribution >= 0.6 is 23.1 Å². The van der Waals surface area contributed by atoms with Gasteiger partial charge in [0.2, 0.25) is 5.13 Å². The van der Waals surface area contributed by atoms with E-state index < -0.39 is 5.72 Å². The number of benzene rings is 2. The topological polar surface area (TPSA) is 77.7 Å². The lowest BCUT2D eigenvalue weighted by molar-refractivity contribution is 0.0563. The summed E-state index contributed by atoms with van der Waals surface area (Å²) in [6.45, 7) is 4.38. The lowest BCUT2D eigenvalue weighted by Crippen LogP contribution is -2.47. The molecule has 2 aliphatic heterocycles. The minimum atomic E-state index is -1.13. The van der Waals surface area contributed by atoms with Gasteiger partial charge in [0.1, 0.15) is 0 Å². The molecular weight excluding hydrogens is 480 g/mol. The lowest BCUT2D eigenvalue weighted by atomic mass is 9.93. The predicted molar refractivity (Wildman–Crippen MR) is 140 cm³/mol. The summed E-state index contributed by atoms with van der Waals surface area (Å²) in [6, 6.07) is 19.8. The summed E-state index contributed by atoms with van der Waals surface area (Å²) in [5.41, 5.74) is 10.8. The van der Waals surface area contributed by atoms with Crippen LogP contribution in [0.3, 0.4) is 0 Å². The molecule has 1 atom stereocenters. The number of piperazine rings is 1. The van der Waals surface area contributed by atoms with Crippen LogP contribution in [-0.2, 0) is 10.5 Å². The highest BCUT2D eigenvalue weighted by molar-refractivity contribution is 7.09. The SMILES string of the molecule is N=NC1(c2ccccc2)C=C(CCCl)C(CN2CCN(c3nc(-c4ccccc4)ns3)CC2)=CO1. The molecule has 0 saturated carbocycles. The quantitative estimate of drug-likeness (QED) is 0.314. The fourth-order valence-electron chi connectivity index (χ4n) is 4.41. The first-order chi connectivity index (χ1) is 17.2. The first-order valence-electron chi connectivity index (χ1n) is 11.7. The summed E-state index contributed by atoms with van der Waals surface area (Å²) < 4.78 is 10.6. The third-order valence-electron chi connectivity index (χ3n) is 6.36. The Morgan fingerprint density at radius 3 is 2.40 bits per heavy atom. The van der Waals surface area contributed by atoms with Crippen molar-refractivity contribution in [2.45, 2.75) is 12.1 Å². The summed E-state index contributed by atoms with van der Waals surface area (Å²) >= 11 is 7.60. The van der Waals surface area contributed by atoms with E-state index in [4.69, 9.17) is 26.9 Å². The molecule has 7 nitrogen and oxygen atoms in total. The molecule has 2 aliphatic rings. The van der Waals surface area contributed by atoms with Gasteiger partial charge in [-0.3, -0.25) is 4.90 Å². The fourth-order valence-corrected chi connectivity index (χ4v) is 5.35. The van der Waals surface area contributed by atoms with E-state index in [1.165, 1.54) is 11.5 Å². The van der Waals surface area contributed by atoms with Crippen molar-refractivity contribution < 1.29 is 4.74 Å². The Kier molecular flexibility index (Phi) is 7.22. The standard InChI is InChI=1S/C26H27ClN6OS/c27-12-11-21-17-26(31-28,23-9-5-2-6-10-23)34-19-22(21)18-32-13-15-33(16-14-32)25-29-24(30-35-25)20-7-3-1-4-8-20/h1-10,17,19,28H,11-16,18H2. The van der Waals surface area contributed by atoms with Crippen LogP contribution in [0.2, 0.25) is 0 Å². The Hall–Kier alpha value is -3.07. The van der Waals surface area contributed by atoms with Crippen LogP contribution < -0.4 is 4.90 Å². The van der Waals surface area contributed by atoms with Crippen molar-refractivity contribution in [2.75, 3.05) is 43.5 Å². The molecule has 1 aromatic heterocycles. The average molecular weight is 507 g/mol. The van der Waals surface area contributed by atoms with E-state index in [0.717, 1.165) is 66.0 Å². The zero-order valence-electron chi connectivity index (χ0n) is 19.3. The number of hydrogen-bond acceptors (Lipinski definition) is 8. The Labute approximate surface area is 214 Å². The van der Waals surface area contributed by atoms with E-state index in [9.17, 15) is 0 Å². The van der Waals surface area contributed by atoms with Gasteiger partial charge in [-0.05, 0) is 18.1 Å². The predicted octanol–water partition coefficient (Wildman–Crippen LogP) is 5.68. The number of nitrogens with one attached hydrogen (secondary N) is 1. The van der Waals surface area contributed by atoms with Crippen LogP contribution in [-0.4, -0.2) is 52.9 Å². The zero-order chi connectivity index (χ0) is 24.1. The monoisotopic (exact) mass is 506 g/mol. The second-order valence-electron chi connectivity index (χ2n) is 8.57. The zero-order valence-corrected chi connectivity index (χ0v) is 20.9. The van der Waals surface area contributed by atoms with Crippen LogP contribution in [0.5, 0.6) is 0 Å². The molecule has 1 unspecified atom stereocenters. The summed E-state index contributed by atoms with van der Waals surface area (Å²) in [4.78, 5) is 9.49. The molecule has 0 bridgehead atoms. The van der Waals surface area contributed by atoms with Crippen LogP contribution in [0.25, 0.3) is 11.4 Å². The molecule has 0 amide bonds. The summed E-state index contributed by atoms with van der Waals surface area (Å²) in [5, 5.41) is 4.83. The minimum Gasteiger partial charge on any atom is -0.464 e. The van der Waals surface area contributed by atoms with Crippen molar-refractivity contribution in [1.82, 2.24) is 14.3 Å². The molecule has 180 valence electrons. The number of hydrogen-bond donors (Lipinski definition) is 1. The smallest absolute Gasteiger partial charge is 0.263 e. The number of halogens is 1. The van der Waals surface area contributed by atoms with Gasteiger partial charge in [0.15, 0.2) is 5.82 Å². The molecule has 3 heterocycles. The summed E-state index contributed by atoms with van der Waals surface area (Å²) in [7, 11) is 0. The third kappa shape index (κ3) is 5.15. The van der Waals surface area contributed by atoms with Crippen LogP contribution in [0.1, 0.15) is 12.0 Å². The number of aromatic nitrogens is 2. The second kappa shape index (κ2) is 10.7. The van der Waals surface area contributed by atoms with Crippen molar-refractivity contribution >= 4 is 28.3 Å². The molecule has 5 rings (SSSR count). The van der Waals surface area contributed by atoms with Crippen molar-refractivity contribution in [1.29, 1.82) is 5.53 Å². The minimum absolute atomic E-state index is 0.501. The van der Waals surface area contributed by atoms with E-state index in [1.807, 2.05) is 66.7 Å². The Morgan fingerprint density at radius 1 is 1.00 bits per heavy atom. The van der Waals surface area contributed by atoms with Gasteiger partial charge in [-0.25, -0.2) is 5.53 Å². The molecule has 0 radical (unpaired) electrons. The molecule has 2 aromatic carbocycles. The molecule has 0 spiro atoms. The van der Waals surface area contributed by atoms with Gasteiger partial charge in [0.05, 0.1) is 6.26 Å². The highest BCUT2D eigenvalue weighted by atomic mass is 35.5. The van der Waals surface area contributed by atoms with Gasteiger partial charge < -0.3 is 9.64 Å². The molecule has 35 heavy (non-hydrogen) atoms. The normalized spacial score (nSPS) is 20.7. The number of alkyl halides is 1. The molecule has 0 aliphatic carbocycles. The maximum Gasteiger partial charge on any atom is 0.263 e. The number of ether oxygens (including phenoxy) is 1. The van der Waals surface area contributed by atoms with E-state index >= 15 is 0 Å². The van der Waals surface area contributed by atoms with Crippen molar-refractivity contribution in [3.8, 4) is 11.4 Å². The van der Waals surface area contributed by atoms with Crippen LogP contribution in [0, 0.1) is 5.53 Å². The molecule has 9 heteroatoms. The first-order valence-corrected chi connectivity index (χ1v) is 13.0. The van der Waals surface area contributed by atoms with Crippen LogP contribution in [0.4, 0.5) is 5.13 Å². The van der Waals surface area contributed by atoms with E-state index in [1.54, 1.807) is 6.26 Å². The third-order valence-corrected chi connectivity index (χ3v) is 7.33. The Bertz CT molecular complexity index is 1210. The fraction of sp³-hybridized carbons (Fsp3) is 0.308. The molecule has 3 aromatic rings. The molecule has 1 saturated heterocycles.